The van der Waals surface area contributed by atoms with Gasteiger partial charge in [0.2, 0.25) is 5.91 Å². The van der Waals surface area contributed by atoms with Crippen molar-refractivity contribution < 1.29 is 4.79 Å². The van der Waals surface area contributed by atoms with Gasteiger partial charge in [0.05, 0.1) is 5.69 Å². The van der Waals surface area contributed by atoms with Crippen LogP contribution in [0.5, 0.6) is 0 Å². The van der Waals surface area contributed by atoms with Crippen molar-refractivity contribution in [3.8, 4) is 11.3 Å². The van der Waals surface area contributed by atoms with Crippen LogP contribution >= 0.6 is 11.6 Å². The van der Waals surface area contributed by atoms with Crippen molar-refractivity contribution in [2.75, 3.05) is 11.2 Å². The van der Waals surface area contributed by atoms with Crippen LogP contribution in [0.4, 0.5) is 5.82 Å². The van der Waals surface area contributed by atoms with Gasteiger partial charge in [-0.15, -0.1) is 11.6 Å². The first-order chi connectivity index (χ1) is 8.79. The molecular weight excluding hydrogens is 248 g/mol. The zero-order valence-electron chi connectivity index (χ0n) is 9.77. The molecule has 0 saturated carbocycles. The minimum absolute atomic E-state index is 0.122. The molecule has 1 N–H and O–H groups in total. The average molecular weight is 261 g/mol. The van der Waals surface area contributed by atoms with Gasteiger partial charge in [-0.1, -0.05) is 36.4 Å². The summed E-state index contributed by atoms with van der Waals surface area (Å²) in [4.78, 5) is 15.8. The van der Waals surface area contributed by atoms with Crippen LogP contribution in [0.15, 0.2) is 48.5 Å². The summed E-state index contributed by atoms with van der Waals surface area (Å²) in [5, 5.41) is 2.72. The molecule has 2 aromatic rings. The first-order valence-electron chi connectivity index (χ1n) is 5.68. The highest BCUT2D eigenvalue weighted by Gasteiger charge is 2.04. The molecule has 0 aliphatic rings. The Morgan fingerprint density at radius 1 is 1.11 bits per heavy atom. The number of nitrogens with one attached hydrogen (secondary N) is 1. The number of carbonyl (C=O) groups is 1. The second-order valence-corrected chi connectivity index (χ2v) is 4.14. The van der Waals surface area contributed by atoms with E-state index in [1.165, 1.54) is 0 Å². The molecule has 1 heterocycles. The van der Waals surface area contributed by atoms with E-state index in [1.54, 1.807) is 6.07 Å². The van der Waals surface area contributed by atoms with E-state index in [-0.39, 0.29) is 5.91 Å². The molecule has 0 unspecified atom stereocenters. The van der Waals surface area contributed by atoms with Gasteiger partial charge in [-0.3, -0.25) is 4.79 Å². The summed E-state index contributed by atoms with van der Waals surface area (Å²) in [6, 6.07) is 15.4. The van der Waals surface area contributed by atoms with Crippen LogP contribution in [-0.2, 0) is 4.79 Å². The molecule has 0 fully saturated rings. The topological polar surface area (TPSA) is 42.0 Å². The molecule has 18 heavy (non-hydrogen) atoms. The lowest BCUT2D eigenvalue weighted by Gasteiger charge is -2.05. The van der Waals surface area contributed by atoms with E-state index in [0.717, 1.165) is 11.3 Å². The third kappa shape index (κ3) is 3.31. The van der Waals surface area contributed by atoms with Crippen LogP contribution < -0.4 is 5.32 Å². The zero-order chi connectivity index (χ0) is 12.8. The number of anilines is 1. The summed E-state index contributed by atoms with van der Waals surface area (Å²) in [5.41, 5.74) is 1.85. The van der Waals surface area contributed by atoms with Gasteiger partial charge in [0.1, 0.15) is 5.82 Å². The van der Waals surface area contributed by atoms with Crippen molar-refractivity contribution in [2.24, 2.45) is 0 Å². The minimum Gasteiger partial charge on any atom is -0.311 e. The van der Waals surface area contributed by atoms with E-state index in [4.69, 9.17) is 11.6 Å². The van der Waals surface area contributed by atoms with Crippen molar-refractivity contribution in [1.29, 1.82) is 0 Å². The molecule has 0 saturated heterocycles. The number of pyridine rings is 1. The van der Waals surface area contributed by atoms with Crippen LogP contribution in [0.25, 0.3) is 11.3 Å². The molecule has 0 aliphatic carbocycles. The molecule has 0 bridgehead atoms. The minimum atomic E-state index is -0.122. The van der Waals surface area contributed by atoms with Gasteiger partial charge in [0.15, 0.2) is 0 Å². The number of aromatic nitrogens is 1. The van der Waals surface area contributed by atoms with Crippen LogP contribution in [0.3, 0.4) is 0 Å². The molecule has 1 aromatic carbocycles. The highest BCUT2D eigenvalue weighted by molar-refractivity contribution is 6.19. The largest absolute Gasteiger partial charge is 0.311 e. The van der Waals surface area contributed by atoms with E-state index in [0.29, 0.717) is 18.1 Å². The van der Waals surface area contributed by atoms with Crippen molar-refractivity contribution in [3.63, 3.8) is 0 Å². The molecule has 1 amide bonds. The van der Waals surface area contributed by atoms with Gasteiger partial charge < -0.3 is 5.32 Å². The number of amides is 1. The van der Waals surface area contributed by atoms with Crippen molar-refractivity contribution in [2.45, 2.75) is 6.42 Å². The van der Waals surface area contributed by atoms with E-state index in [1.807, 2.05) is 42.5 Å². The van der Waals surface area contributed by atoms with Crippen LogP contribution in [0.1, 0.15) is 6.42 Å². The number of halogens is 1. The quantitative estimate of drug-likeness (QED) is 0.857. The Hall–Kier alpha value is -1.87. The van der Waals surface area contributed by atoms with Gasteiger partial charge in [-0.2, -0.15) is 0 Å². The summed E-state index contributed by atoms with van der Waals surface area (Å²) in [6.45, 7) is 0. The predicted molar refractivity (Wildman–Crippen MR) is 73.6 cm³/mol. The molecule has 0 radical (unpaired) electrons. The Balaban J connectivity index is 2.18. The molecule has 0 aliphatic heterocycles. The maximum atomic E-state index is 11.4. The Morgan fingerprint density at radius 2 is 1.89 bits per heavy atom. The molecule has 4 heteroatoms. The standard InChI is InChI=1S/C14H13ClN2O/c15-10-9-14(18)17-13-8-4-7-12(16-13)11-5-2-1-3-6-11/h1-8H,9-10H2,(H,16,17,18). The average Bonchev–Trinajstić information content (AvgIpc) is 2.40. The van der Waals surface area contributed by atoms with Gasteiger partial charge in [0, 0.05) is 17.9 Å². The van der Waals surface area contributed by atoms with Crippen molar-refractivity contribution in [1.82, 2.24) is 4.98 Å². The number of alkyl halides is 1. The van der Waals surface area contributed by atoms with Gasteiger partial charge in [-0.25, -0.2) is 4.98 Å². The maximum Gasteiger partial charge on any atom is 0.226 e. The Morgan fingerprint density at radius 3 is 2.61 bits per heavy atom. The fourth-order valence-electron chi connectivity index (χ4n) is 1.57. The number of benzene rings is 1. The molecule has 0 spiro atoms. The summed E-state index contributed by atoms with van der Waals surface area (Å²) in [7, 11) is 0. The Bertz CT molecular complexity index is 528. The SMILES string of the molecule is O=C(CCCl)Nc1cccc(-c2ccccc2)n1. The summed E-state index contributed by atoms with van der Waals surface area (Å²) in [5.74, 6) is 0.735. The lowest BCUT2D eigenvalue weighted by Crippen LogP contribution is -2.12. The monoisotopic (exact) mass is 260 g/mol. The first-order valence-corrected chi connectivity index (χ1v) is 6.21. The van der Waals surface area contributed by atoms with Crippen LogP contribution in [0, 0.1) is 0 Å². The first kappa shape index (κ1) is 12.6. The second-order valence-electron chi connectivity index (χ2n) is 3.76. The van der Waals surface area contributed by atoms with Crippen molar-refractivity contribution >= 4 is 23.3 Å². The van der Waals surface area contributed by atoms with E-state index >= 15 is 0 Å². The second kappa shape index (κ2) is 6.17. The highest BCUT2D eigenvalue weighted by atomic mass is 35.5. The molecule has 1 aromatic heterocycles. The molecule has 92 valence electrons. The molecule has 2 rings (SSSR count). The fourth-order valence-corrected chi connectivity index (χ4v) is 1.74. The number of carbonyl (C=O) groups excluding carboxylic acids is 1. The highest BCUT2D eigenvalue weighted by Crippen LogP contribution is 2.18. The Kier molecular flexibility index (Phi) is 4.31. The molecular formula is C14H13ClN2O. The van der Waals surface area contributed by atoms with E-state index < -0.39 is 0 Å². The number of hydrogen-bond donors (Lipinski definition) is 1. The lowest BCUT2D eigenvalue weighted by molar-refractivity contribution is -0.115. The molecule has 0 atom stereocenters. The smallest absolute Gasteiger partial charge is 0.226 e. The number of hydrogen-bond acceptors (Lipinski definition) is 2. The van der Waals surface area contributed by atoms with Gasteiger partial charge in [0.25, 0.3) is 0 Å². The van der Waals surface area contributed by atoms with Crippen LogP contribution in [-0.4, -0.2) is 16.8 Å². The Labute approximate surface area is 111 Å². The maximum absolute atomic E-state index is 11.4. The normalized spacial score (nSPS) is 10.1. The van der Waals surface area contributed by atoms with E-state index in [2.05, 4.69) is 10.3 Å². The third-order valence-corrected chi connectivity index (χ3v) is 2.60. The van der Waals surface area contributed by atoms with Gasteiger partial charge >= 0.3 is 0 Å². The molecule has 3 nitrogen and oxygen atoms in total. The van der Waals surface area contributed by atoms with Gasteiger partial charge in [-0.05, 0) is 12.1 Å². The van der Waals surface area contributed by atoms with E-state index in [9.17, 15) is 4.79 Å². The number of rotatable bonds is 4. The summed E-state index contributed by atoms with van der Waals surface area (Å²) < 4.78 is 0. The predicted octanol–water partition coefficient (Wildman–Crippen LogP) is 3.32. The summed E-state index contributed by atoms with van der Waals surface area (Å²) >= 11 is 5.51. The van der Waals surface area contributed by atoms with Crippen LogP contribution in [0.2, 0.25) is 0 Å². The fraction of sp³-hybridized carbons (Fsp3) is 0.143. The summed E-state index contributed by atoms with van der Waals surface area (Å²) in [6.07, 6.45) is 0.290. The lowest BCUT2D eigenvalue weighted by atomic mass is 10.1. The zero-order valence-corrected chi connectivity index (χ0v) is 10.5. The van der Waals surface area contributed by atoms with Crippen molar-refractivity contribution in [3.05, 3.63) is 48.5 Å². The third-order valence-electron chi connectivity index (χ3n) is 2.41. The number of nitrogens with zero attached hydrogens (tertiary/aromatic N) is 1.